The van der Waals surface area contributed by atoms with Gasteiger partial charge in [-0.3, -0.25) is 9.59 Å². The van der Waals surface area contributed by atoms with Crippen molar-refractivity contribution in [3.05, 3.63) is 34.9 Å². The summed E-state index contributed by atoms with van der Waals surface area (Å²) in [5.41, 5.74) is 2.73. The Kier molecular flexibility index (Phi) is 5.51. The third-order valence-electron chi connectivity index (χ3n) is 4.37. The Morgan fingerprint density at radius 2 is 1.79 bits per heavy atom. The molecule has 0 radical (unpaired) electrons. The Labute approximate surface area is 139 Å². The molecule has 2 rings (SSSR count). The minimum Gasteiger partial charge on any atom is -0.347 e. The van der Waals surface area contributed by atoms with Crippen LogP contribution < -0.4 is 5.32 Å². The average molecular weight is 342 g/mol. The zero-order chi connectivity index (χ0) is 17.9. The number of alkyl halides is 3. The summed E-state index contributed by atoms with van der Waals surface area (Å²) >= 11 is 0. The van der Waals surface area contributed by atoms with Gasteiger partial charge in [0, 0.05) is 24.6 Å². The lowest BCUT2D eigenvalue weighted by molar-refractivity contribution is -0.141. The maximum absolute atomic E-state index is 12.5. The number of halogens is 3. The molecule has 0 unspecified atom stereocenters. The topological polar surface area (TPSA) is 49.4 Å². The fraction of sp³-hybridized carbons (Fsp3) is 0.529. The van der Waals surface area contributed by atoms with E-state index in [0.717, 1.165) is 11.1 Å². The second-order valence-corrected chi connectivity index (χ2v) is 6.20. The minimum absolute atomic E-state index is 0.104. The Hall–Kier alpha value is -2.05. The van der Waals surface area contributed by atoms with E-state index in [1.165, 1.54) is 0 Å². The molecule has 1 saturated heterocycles. The van der Waals surface area contributed by atoms with Gasteiger partial charge in [0.05, 0.1) is 0 Å². The monoisotopic (exact) mass is 342 g/mol. The highest BCUT2D eigenvalue weighted by Crippen LogP contribution is 2.21. The van der Waals surface area contributed by atoms with Gasteiger partial charge in [-0.25, -0.2) is 0 Å². The highest BCUT2D eigenvalue weighted by atomic mass is 19.4. The fourth-order valence-electron chi connectivity index (χ4n) is 2.73. The lowest BCUT2D eigenvalue weighted by atomic mass is 9.95. The molecule has 1 N–H and O–H groups in total. The molecular weight excluding hydrogens is 321 g/mol. The van der Waals surface area contributed by atoms with Crippen molar-refractivity contribution in [1.29, 1.82) is 0 Å². The number of carbonyl (C=O) groups excluding carboxylic acids is 2. The van der Waals surface area contributed by atoms with E-state index in [1.807, 2.05) is 31.3 Å². The summed E-state index contributed by atoms with van der Waals surface area (Å²) in [6.45, 7) is 3.33. The summed E-state index contributed by atoms with van der Waals surface area (Å²) < 4.78 is 36.4. The quantitative estimate of drug-likeness (QED) is 0.918. The van der Waals surface area contributed by atoms with Gasteiger partial charge < -0.3 is 10.2 Å². The molecule has 24 heavy (non-hydrogen) atoms. The molecule has 0 saturated carbocycles. The van der Waals surface area contributed by atoms with Gasteiger partial charge in [-0.05, 0) is 49.9 Å². The molecule has 0 atom stereocenters. The molecule has 0 bridgehead atoms. The average Bonchev–Trinajstić information content (AvgIpc) is 2.54. The second-order valence-electron chi connectivity index (χ2n) is 6.20. The first-order chi connectivity index (χ1) is 11.2. The Morgan fingerprint density at radius 3 is 2.33 bits per heavy atom. The number of benzene rings is 1. The number of piperidine rings is 1. The van der Waals surface area contributed by atoms with E-state index in [1.54, 1.807) is 11.0 Å². The molecule has 132 valence electrons. The normalized spacial score (nSPS) is 16.1. The van der Waals surface area contributed by atoms with Crippen molar-refractivity contribution in [2.24, 2.45) is 5.92 Å². The van der Waals surface area contributed by atoms with Crippen molar-refractivity contribution in [2.75, 3.05) is 19.6 Å². The summed E-state index contributed by atoms with van der Waals surface area (Å²) in [6, 6.07) is 5.49. The largest absolute Gasteiger partial charge is 0.405 e. The van der Waals surface area contributed by atoms with Gasteiger partial charge in [-0.1, -0.05) is 6.07 Å². The predicted molar refractivity (Wildman–Crippen MR) is 83.6 cm³/mol. The van der Waals surface area contributed by atoms with E-state index in [0.29, 0.717) is 31.5 Å². The maximum Gasteiger partial charge on any atom is 0.405 e. The van der Waals surface area contributed by atoms with Gasteiger partial charge in [0.2, 0.25) is 5.91 Å². The SMILES string of the molecule is Cc1ccc(C(=O)N2CCC(C(=O)NCC(F)(F)F)CC2)cc1C. The van der Waals surface area contributed by atoms with Gasteiger partial charge in [0.25, 0.3) is 5.91 Å². The fourth-order valence-corrected chi connectivity index (χ4v) is 2.73. The number of hydrogen-bond acceptors (Lipinski definition) is 2. The van der Waals surface area contributed by atoms with Crippen LogP contribution in [0.15, 0.2) is 18.2 Å². The standard InChI is InChI=1S/C17H21F3N2O2/c1-11-3-4-14(9-12(11)2)16(24)22-7-5-13(6-8-22)15(23)21-10-17(18,19)20/h3-4,9,13H,5-8,10H2,1-2H3,(H,21,23). The molecule has 1 fully saturated rings. The van der Waals surface area contributed by atoms with E-state index < -0.39 is 24.5 Å². The molecule has 0 aliphatic carbocycles. The van der Waals surface area contributed by atoms with Gasteiger partial charge in [-0.2, -0.15) is 13.2 Å². The first-order valence-corrected chi connectivity index (χ1v) is 7.88. The zero-order valence-corrected chi connectivity index (χ0v) is 13.7. The van der Waals surface area contributed by atoms with Crippen LogP contribution in [0.3, 0.4) is 0 Å². The highest BCUT2D eigenvalue weighted by Gasteiger charge is 2.32. The zero-order valence-electron chi connectivity index (χ0n) is 13.7. The number of rotatable bonds is 3. The van der Waals surface area contributed by atoms with E-state index in [9.17, 15) is 22.8 Å². The molecule has 1 aliphatic rings. The maximum atomic E-state index is 12.5. The molecule has 0 aromatic heterocycles. The van der Waals surface area contributed by atoms with Crippen LogP contribution in [0.2, 0.25) is 0 Å². The Morgan fingerprint density at radius 1 is 1.17 bits per heavy atom. The number of aryl methyl sites for hydroxylation is 2. The van der Waals surface area contributed by atoms with Crippen molar-refractivity contribution in [2.45, 2.75) is 32.9 Å². The van der Waals surface area contributed by atoms with Crippen molar-refractivity contribution in [3.8, 4) is 0 Å². The van der Waals surface area contributed by atoms with Crippen LogP contribution in [0, 0.1) is 19.8 Å². The van der Waals surface area contributed by atoms with E-state index >= 15 is 0 Å². The predicted octanol–water partition coefficient (Wildman–Crippen LogP) is 2.83. The Balaban J connectivity index is 1.89. The van der Waals surface area contributed by atoms with Crippen LogP contribution in [0.1, 0.15) is 34.3 Å². The third-order valence-corrected chi connectivity index (χ3v) is 4.37. The molecule has 2 amide bonds. The summed E-state index contributed by atoms with van der Waals surface area (Å²) in [7, 11) is 0. The molecular formula is C17H21F3N2O2. The number of hydrogen-bond donors (Lipinski definition) is 1. The number of carbonyl (C=O) groups is 2. The van der Waals surface area contributed by atoms with Gasteiger partial charge in [0.1, 0.15) is 6.54 Å². The number of nitrogens with one attached hydrogen (secondary N) is 1. The van der Waals surface area contributed by atoms with Crippen molar-refractivity contribution < 1.29 is 22.8 Å². The van der Waals surface area contributed by atoms with Crippen LogP contribution >= 0.6 is 0 Å². The van der Waals surface area contributed by atoms with Crippen molar-refractivity contribution in [3.63, 3.8) is 0 Å². The summed E-state index contributed by atoms with van der Waals surface area (Å²) in [5.74, 6) is -1.17. The molecule has 0 spiro atoms. The third kappa shape index (κ3) is 4.72. The first-order valence-electron chi connectivity index (χ1n) is 7.88. The smallest absolute Gasteiger partial charge is 0.347 e. The molecule has 1 aromatic rings. The van der Waals surface area contributed by atoms with E-state index in [2.05, 4.69) is 0 Å². The summed E-state index contributed by atoms with van der Waals surface area (Å²) in [4.78, 5) is 25.9. The van der Waals surface area contributed by atoms with E-state index in [4.69, 9.17) is 0 Å². The van der Waals surface area contributed by atoms with Crippen LogP contribution in [0.25, 0.3) is 0 Å². The molecule has 1 heterocycles. The second kappa shape index (κ2) is 7.23. The van der Waals surface area contributed by atoms with Gasteiger partial charge >= 0.3 is 6.18 Å². The van der Waals surface area contributed by atoms with Crippen LogP contribution in [0.4, 0.5) is 13.2 Å². The Bertz CT molecular complexity index is 621. The highest BCUT2D eigenvalue weighted by molar-refractivity contribution is 5.94. The minimum atomic E-state index is -4.41. The van der Waals surface area contributed by atoms with Crippen LogP contribution in [-0.4, -0.2) is 42.5 Å². The van der Waals surface area contributed by atoms with Crippen LogP contribution in [0.5, 0.6) is 0 Å². The van der Waals surface area contributed by atoms with E-state index in [-0.39, 0.29) is 5.91 Å². The molecule has 7 heteroatoms. The van der Waals surface area contributed by atoms with Crippen molar-refractivity contribution in [1.82, 2.24) is 10.2 Å². The number of amides is 2. The molecule has 1 aliphatic heterocycles. The van der Waals surface area contributed by atoms with Crippen LogP contribution in [-0.2, 0) is 4.79 Å². The van der Waals surface area contributed by atoms with Gasteiger partial charge in [0.15, 0.2) is 0 Å². The number of likely N-dealkylation sites (tertiary alicyclic amines) is 1. The summed E-state index contributed by atoms with van der Waals surface area (Å²) in [5, 5.41) is 1.91. The molecule has 1 aromatic carbocycles. The lowest BCUT2D eigenvalue weighted by Crippen LogP contribution is -2.44. The first kappa shape index (κ1) is 18.3. The number of nitrogens with zero attached hydrogens (tertiary/aromatic N) is 1. The summed E-state index contributed by atoms with van der Waals surface area (Å²) in [6.07, 6.45) is -3.66. The van der Waals surface area contributed by atoms with Gasteiger partial charge in [-0.15, -0.1) is 0 Å². The lowest BCUT2D eigenvalue weighted by Gasteiger charge is -2.31. The van der Waals surface area contributed by atoms with Crippen molar-refractivity contribution >= 4 is 11.8 Å². The molecule has 4 nitrogen and oxygen atoms in total.